The van der Waals surface area contributed by atoms with Crippen molar-refractivity contribution in [2.45, 2.75) is 37.8 Å². The number of aliphatic carboxylic acids is 1. The summed E-state index contributed by atoms with van der Waals surface area (Å²) in [5.41, 5.74) is 0. The maximum Gasteiger partial charge on any atom is 0.326 e. The van der Waals surface area contributed by atoms with E-state index in [9.17, 15) is 9.59 Å². The van der Waals surface area contributed by atoms with E-state index in [1.54, 1.807) is 0 Å². The third-order valence-electron chi connectivity index (χ3n) is 2.34. The molecule has 0 spiro atoms. The lowest BCUT2D eigenvalue weighted by molar-refractivity contribution is -0.142. The molecule has 1 aliphatic rings. The Labute approximate surface area is 82.4 Å². The van der Waals surface area contributed by atoms with Crippen molar-refractivity contribution in [2.75, 3.05) is 6.61 Å². The fraction of sp³-hybridized carbons (Fsp3) is 0.778. The van der Waals surface area contributed by atoms with E-state index in [4.69, 9.17) is 9.84 Å². The summed E-state index contributed by atoms with van der Waals surface area (Å²) >= 11 is 0. The zero-order valence-corrected chi connectivity index (χ0v) is 7.94. The minimum Gasteiger partial charge on any atom is -0.480 e. The van der Waals surface area contributed by atoms with Crippen LogP contribution in [0, 0.1) is 0 Å². The van der Waals surface area contributed by atoms with Crippen LogP contribution in [-0.2, 0) is 14.3 Å². The molecule has 2 atom stereocenters. The maximum atomic E-state index is 10.7. The van der Waals surface area contributed by atoms with Crippen LogP contribution in [0.2, 0.25) is 0 Å². The van der Waals surface area contributed by atoms with E-state index in [0.717, 1.165) is 19.3 Å². The van der Waals surface area contributed by atoms with Crippen molar-refractivity contribution in [2.24, 2.45) is 0 Å². The van der Waals surface area contributed by atoms with Gasteiger partial charge in [-0.25, -0.2) is 4.79 Å². The van der Waals surface area contributed by atoms with Gasteiger partial charge in [0.15, 0.2) is 0 Å². The van der Waals surface area contributed by atoms with Crippen LogP contribution in [-0.4, -0.2) is 36.2 Å². The molecule has 1 rings (SSSR count). The third-order valence-corrected chi connectivity index (χ3v) is 2.34. The van der Waals surface area contributed by atoms with E-state index in [0.29, 0.717) is 19.4 Å². The molecule has 2 unspecified atom stereocenters. The molecule has 14 heavy (non-hydrogen) atoms. The molecule has 0 bridgehead atoms. The highest BCUT2D eigenvalue weighted by Gasteiger charge is 2.23. The van der Waals surface area contributed by atoms with Crippen molar-refractivity contribution < 1.29 is 19.4 Å². The van der Waals surface area contributed by atoms with Gasteiger partial charge in [0.2, 0.25) is 6.41 Å². The van der Waals surface area contributed by atoms with Gasteiger partial charge in [-0.05, 0) is 19.3 Å². The zero-order chi connectivity index (χ0) is 10.4. The first kappa shape index (κ1) is 11.0. The van der Waals surface area contributed by atoms with Crippen molar-refractivity contribution in [3.05, 3.63) is 0 Å². The number of nitrogens with one attached hydrogen (secondary N) is 1. The van der Waals surface area contributed by atoms with Gasteiger partial charge in [-0.3, -0.25) is 4.79 Å². The number of hydrogen-bond donors (Lipinski definition) is 2. The van der Waals surface area contributed by atoms with Gasteiger partial charge in [0.1, 0.15) is 6.04 Å². The Morgan fingerprint density at radius 3 is 2.93 bits per heavy atom. The van der Waals surface area contributed by atoms with Crippen molar-refractivity contribution in [1.82, 2.24) is 5.32 Å². The molecule has 0 aromatic carbocycles. The Bertz CT molecular complexity index is 201. The molecule has 5 heteroatoms. The fourth-order valence-electron chi connectivity index (χ4n) is 1.58. The molecule has 1 fully saturated rings. The summed E-state index contributed by atoms with van der Waals surface area (Å²) in [6, 6.07) is -0.824. The summed E-state index contributed by atoms with van der Waals surface area (Å²) < 4.78 is 5.39. The number of rotatable bonds is 5. The quantitative estimate of drug-likeness (QED) is 0.620. The zero-order valence-electron chi connectivity index (χ0n) is 7.94. The number of amides is 1. The van der Waals surface area contributed by atoms with Gasteiger partial charge in [0, 0.05) is 13.0 Å². The van der Waals surface area contributed by atoms with Gasteiger partial charge < -0.3 is 15.2 Å². The number of carbonyl (C=O) groups excluding carboxylic acids is 1. The lowest BCUT2D eigenvalue weighted by atomic mass is 10.0. The smallest absolute Gasteiger partial charge is 0.326 e. The molecule has 0 aliphatic carbocycles. The molecule has 1 aliphatic heterocycles. The van der Waals surface area contributed by atoms with Gasteiger partial charge in [-0.15, -0.1) is 0 Å². The average molecular weight is 201 g/mol. The monoisotopic (exact) mass is 201 g/mol. The van der Waals surface area contributed by atoms with E-state index in [1.165, 1.54) is 0 Å². The molecule has 1 heterocycles. The van der Waals surface area contributed by atoms with Crippen molar-refractivity contribution in [3.8, 4) is 0 Å². The second-order valence-electron chi connectivity index (χ2n) is 3.40. The number of carboxylic acids is 1. The summed E-state index contributed by atoms with van der Waals surface area (Å²) in [7, 11) is 0. The first-order valence-corrected chi connectivity index (χ1v) is 4.78. The van der Waals surface area contributed by atoms with Gasteiger partial charge in [0.25, 0.3) is 0 Å². The molecule has 2 N–H and O–H groups in total. The van der Waals surface area contributed by atoms with Gasteiger partial charge in [-0.1, -0.05) is 0 Å². The van der Waals surface area contributed by atoms with E-state index in [2.05, 4.69) is 5.32 Å². The van der Waals surface area contributed by atoms with Gasteiger partial charge >= 0.3 is 5.97 Å². The second-order valence-corrected chi connectivity index (χ2v) is 3.40. The average Bonchev–Trinajstić information content (AvgIpc) is 2.18. The summed E-state index contributed by atoms with van der Waals surface area (Å²) in [4.78, 5) is 20.8. The topological polar surface area (TPSA) is 75.6 Å². The fourth-order valence-corrected chi connectivity index (χ4v) is 1.58. The summed E-state index contributed by atoms with van der Waals surface area (Å²) in [6.07, 6.45) is 3.73. The number of carboxylic acid groups (broad SMARTS) is 1. The molecule has 0 saturated carbocycles. The first-order chi connectivity index (χ1) is 6.74. The van der Waals surface area contributed by atoms with E-state index >= 15 is 0 Å². The van der Waals surface area contributed by atoms with Crippen LogP contribution in [0.1, 0.15) is 25.7 Å². The molecule has 0 aromatic heterocycles. The molecule has 1 amide bonds. The second kappa shape index (κ2) is 5.59. The molecule has 0 aromatic rings. The predicted molar refractivity (Wildman–Crippen MR) is 48.8 cm³/mol. The minimum atomic E-state index is -1.01. The lowest BCUT2D eigenvalue weighted by Crippen LogP contribution is -2.39. The summed E-state index contributed by atoms with van der Waals surface area (Å²) in [6.45, 7) is 0.693. The van der Waals surface area contributed by atoms with E-state index < -0.39 is 12.0 Å². The Morgan fingerprint density at radius 1 is 1.64 bits per heavy atom. The van der Waals surface area contributed by atoms with Gasteiger partial charge in [0.05, 0.1) is 6.10 Å². The Hall–Kier alpha value is -1.10. The van der Waals surface area contributed by atoms with Crippen LogP contribution in [0.15, 0.2) is 0 Å². The summed E-state index contributed by atoms with van der Waals surface area (Å²) in [5.74, 6) is -1.01. The molecular weight excluding hydrogens is 186 g/mol. The Balaban J connectivity index is 2.36. The largest absolute Gasteiger partial charge is 0.480 e. The Kier molecular flexibility index (Phi) is 4.39. The Morgan fingerprint density at radius 2 is 2.43 bits per heavy atom. The third kappa shape index (κ3) is 3.33. The number of hydrogen-bond acceptors (Lipinski definition) is 3. The number of ether oxygens (including phenoxy) is 1. The molecule has 80 valence electrons. The van der Waals surface area contributed by atoms with Crippen LogP contribution in [0.5, 0.6) is 0 Å². The molecular formula is C9H15NO4. The van der Waals surface area contributed by atoms with Crippen LogP contribution in [0.4, 0.5) is 0 Å². The standard InChI is InChI=1S/C9H15NO4/c11-6-10-8(9(12)13)5-7-3-1-2-4-14-7/h6-8H,1-5H2,(H,10,11)(H,12,13). The van der Waals surface area contributed by atoms with Crippen molar-refractivity contribution in [1.29, 1.82) is 0 Å². The van der Waals surface area contributed by atoms with Crippen LogP contribution in [0.3, 0.4) is 0 Å². The van der Waals surface area contributed by atoms with Crippen molar-refractivity contribution >= 4 is 12.4 Å². The van der Waals surface area contributed by atoms with Crippen molar-refractivity contribution in [3.63, 3.8) is 0 Å². The normalized spacial score (nSPS) is 23.9. The van der Waals surface area contributed by atoms with Crippen LogP contribution in [0.25, 0.3) is 0 Å². The van der Waals surface area contributed by atoms with Crippen LogP contribution < -0.4 is 5.32 Å². The highest BCUT2D eigenvalue weighted by atomic mass is 16.5. The summed E-state index contributed by atoms with van der Waals surface area (Å²) in [5, 5.41) is 11.0. The van der Waals surface area contributed by atoms with Gasteiger partial charge in [-0.2, -0.15) is 0 Å². The lowest BCUT2D eigenvalue weighted by Gasteiger charge is -2.24. The highest BCUT2D eigenvalue weighted by Crippen LogP contribution is 2.16. The molecule has 5 nitrogen and oxygen atoms in total. The molecule has 0 radical (unpaired) electrons. The van der Waals surface area contributed by atoms with E-state index in [1.807, 2.05) is 0 Å². The first-order valence-electron chi connectivity index (χ1n) is 4.78. The van der Waals surface area contributed by atoms with Crippen LogP contribution >= 0.6 is 0 Å². The number of carbonyl (C=O) groups is 2. The molecule has 1 saturated heterocycles. The minimum absolute atomic E-state index is 0.0303. The predicted octanol–water partition coefficient (Wildman–Crippen LogP) is 0.145. The SMILES string of the molecule is O=CNC(CC1CCCCO1)C(=O)O. The van der Waals surface area contributed by atoms with E-state index in [-0.39, 0.29) is 6.10 Å². The highest BCUT2D eigenvalue weighted by molar-refractivity contribution is 5.76. The maximum absolute atomic E-state index is 10.7.